The highest BCUT2D eigenvalue weighted by Gasteiger charge is 2.47. The zero-order valence-corrected chi connectivity index (χ0v) is 12.3. The van der Waals surface area contributed by atoms with Crippen molar-refractivity contribution in [1.29, 1.82) is 0 Å². The molecule has 4 heteroatoms. The fraction of sp³-hybridized carbons (Fsp3) is 0.389. The Bertz CT molecular complexity index is 765. The van der Waals surface area contributed by atoms with Gasteiger partial charge in [0.25, 0.3) is 5.56 Å². The van der Waals surface area contributed by atoms with E-state index in [9.17, 15) is 9.59 Å². The van der Waals surface area contributed by atoms with E-state index in [-0.39, 0.29) is 11.0 Å². The highest BCUT2D eigenvalue weighted by atomic mass is 16.1. The van der Waals surface area contributed by atoms with Crippen LogP contribution >= 0.6 is 0 Å². The molecule has 112 valence electrons. The monoisotopic (exact) mass is 294 g/mol. The van der Waals surface area contributed by atoms with E-state index in [1.165, 1.54) is 11.8 Å². The molecule has 0 bridgehead atoms. The Kier molecular flexibility index (Phi) is 2.99. The Morgan fingerprint density at radius 2 is 1.91 bits per heavy atom. The van der Waals surface area contributed by atoms with E-state index < -0.39 is 0 Å². The third kappa shape index (κ3) is 2.02. The Labute approximate surface area is 128 Å². The first kappa shape index (κ1) is 13.4. The van der Waals surface area contributed by atoms with Crippen molar-refractivity contribution in [3.63, 3.8) is 0 Å². The normalized spacial score (nSPS) is 27.1. The molecule has 1 fully saturated rings. The van der Waals surface area contributed by atoms with Crippen LogP contribution in [0.25, 0.3) is 0 Å². The molecule has 1 aromatic heterocycles. The van der Waals surface area contributed by atoms with Gasteiger partial charge in [-0.25, -0.2) is 0 Å². The molecule has 0 amide bonds. The molecule has 1 saturated carbocycles. The van der Waals surface area contributed by atoms with Crippen molar-refractivity contribution in [3.8, 4) is 0 Å². The second kappa shape index (κ2) is 4.90. The maximum absolute atomic E-state index is 12.8. The summed E-state index contributed by atoms with van der Waals surface area (Å²) in [6.45, 7) is 0. The van der Waals surface area contributed by atoms with Crippen molar-refractivity contribution >= 4 is 5.78 Å². The standard InChI is InChI=1S/C18H18N2O2/c21-16-11-19-15(10-20-16)12-5-7-18(8-6-12)9-13-3-1-2-4-14(13)17(18)22/h1-4,10-12H,5-9H2,(H,20,21). The first-order valence-corrected chi connectivity index (χ1v) is 7.85. The van der Waals surface area contributed by atoms with Crippen LogP contribution < -0.4 is 5.56 Å². The molecular weight excluding hydrogens is 276 g/mol. The van der Waals surface area contributed by atoms with Crippen LogP contribution in [0, 0.1) is 5.41 Å². The van der Waals surface area contributed by atoms with Crippen molar-refractivity contribution in [1.82, 2.24) is 9.97 Å². The lowest BCUT2D eigenvalue weighted by Gasteiger charge is -2.35. The topological polar surface area (TPSA) is 62.8 Å². The van der Waals surface area contributed by atoms with Crippen molar-refractivity contribution < 1.29 is 4.79 Å². The summed E-state index contributed by atoms with van der Waals surface area (Å²) >= 11 is 0. The van der Waals surface area contributed by atoms with Crippen molar-refractivity contribution in [2.75, 3.05) is 0 Å². The zero-order chi connectivity index (χ0) is 15.2. The third-order valence-corrected chi connectivity index (χ3v) is 5.33. The summed E-state index contributed by atoms with van der Waals surface area (Å²) in [5.74, 6) is 0.676. The van der Waals surface area contributed by atoms with Gasteiger partial charge in [-0.1, -0.05) is 24.3 Å². The number of nitrogens with one attached hydrogen (secondary N) is 1. The van der Waals surface area contributed by atoms with Crippen LogP contribution in [0.4, 0.5) is 0 Å². The molecule has 0 unspecified atom stereocenters. The Hall–Kier alpha value is -2.23. The van der Waals surface area contributed by atoms with Crippen molar-refractivity contribution in [2.24, 2.45) is 5.41 Å². The number of benzene rings is 1. The number of carbonyl (C=O) groups is 1. The minimum absolute atomic E-state index is 0.169. The highest BCUT2D eigenvalue weighted by molar-refractivity contribution is 6.05. The third-order valence-electron chi connectivity index (χ3n) is 5.33. The Balaban J connectivity index is 1.54. The SMILES string of the molecule is O=C1c2ccccc2CC12CCC(c1c[nH]c(=O)cn1)CC2. The molecule has 2 aromatic rings. The molecule has 4 rings (SSSR count). The lowest BCUT2D eigenvalue weighted by atomic mass is 9.67. The molecule has 0 aliphatic heterocycles. The van der Waals surface area contributed by atoms with E-state index in [4.69, 9.17) is 0 Å². The predicted molar refractivity (Wildman–Crippen MR) is 83.0 cm³/mol. The first-order chi connectivity index (χ1) is 10.7. The van der Waals surface area contributed by atoms with Gasteiger partial charge >= 0.3 is 0 Å². The van der Waals surface area contributed by atoms with Crippen LogP contribution in [0.5, 0.6) is 0 Å². The lowest BCUT2D eigenvalue weighted by Crippen LogP contribution is -2.33. The van der Waals surface area contributed by atoms with Gasteiger partial charge in [0.1, 0.15) is 0 Å². The number of hydrogen-bond donors (Lipinski definition) is 1. The summed E-state index contributed by atoms with van der Waals surface area (Å²) in [7, 11) is 0. The van der Waals surface area contributed by atoms with Crippen LogP contribution in [0.15, 0.2) is 41.5 Å². The second-order valence-corrected chi connectivity index (χ2v) is 6.55. The van der Waals surface area contributed by atoms with Crippen LogP contribution in [-0.2, 0) is 6.42 Å². The summed E-state index contributed by atoms with van der Waals surface area (Å²) in [6.07, 6.45) is 7.68. The number of hydrogen-bond acceptors (Lipinski definition) is 3. The van der Waals surface area contributed by atoms with Gasteiger partial charge < -0.3 is 4.98 Å². The zero-order valence-electron chi connectivity index (χ0n) is 12.3. The summed E-state index contributed by atoms with van der Waals surface area (Å²) in [4.78, 5) is 30.9. The summed E-state index contributed by atoms with van der Waals surface area (Å²) in [6, 6.07) is 8.01. The quantitative estimate of drug-likeness (QED) is 0.879. The van der Waals surface area contributed by atoms with Gasteiger partial charge in [-0.05, 0) is 37.7 Å². The molecule has 22 heavy (non-hydrogen) atoms. The number of fused-ring (bicyclic) bond motifs is 1. The van der Waals surface area contributed by atoms with Gasteiger partial charge in [0.05, 0.1) is 11.9 Å². The van der Waals surface area contributed by atoms with E-state index in [1.807, 2.05) is 18.2 Å². The van der Waals surface area contributed by atoms with E-state index in [1.54, 1.807) is 6.20 Å². The molecule has 2 aliphatic carbocycles. The molecule has 0 saturated heterocycles. The number of nitrogens with zero attached hydrogens (tertiary/aromatic N) is 1. The predicted octanol–water partition coefficient (Wildman–Crippen LogP) is 2.85. The van der Waals surface area contributed by atoms with Gasteiger partial charge in [-0.3, -0.25) is 14.6 Å². The molecule has 1 heterocycles. The van der Waals surface area contributed by atoms with Crippen LogP contribution in [0.1, 0.15) is 53.2 Å². The molecular formula is C18H18N2O2. The molecule has 1 N–H and O–H groups in total. The molecule has 2 aliphatic rings. The lowest BCUT2D eigenvalue weighted by molar-refractivity contribution is 0.0732. The van der Waals surface area contributed by atoms with Gasteiger partial charge in [0, 0.05) is 23.1 Å². The van der Waals surface area contributed by atoms with Crippen LogP contribution in [0.3, 0.4) is 0 Å². The van der Waals surface area contributed by atoms with Gasteiger partial charge in [-0.15, -0.1) is 0 Å². The number of Topliss-reactive ketones (excluding diaryl/α,β-unsaturated/α-hetero) is 1. The number of aromatic nitrogens is 2. The smallest absolute Gasteiger partial charge is 0.266 e. The average molecular weight is 294 g/mol. The van der Waals surface area contributed by atoms with E-state index >= 15 is 0 Å². The van der Waals surface area contributed by atoms with E-state index in [2.05, 4.69) is 16.0 Å². The number of ketones is 1. The number of aromatic amines is 1. The first-order valence-electron chi connectivity index (χ1n) is 7.85. The molecule has 0 radical (unpaired) electrons. The van der Waals surface area contributed by atoms with Crippen molar-refractivity contribution in [2.45, 2.75) is 38.0 Å². The molecule has 4 nitrogen and oxygen atoms in total. The fourth-order valence-corrected chi connectivity index (χ4v) is 4.07. The van der Waals surface area contributed by atoms with Crippen molar-refractivity contribution in [3.05, 3.63) is 63.8 Å². The summed E-state index contributed by atoms with van der Waals surface area (Å²) < 4.78 is 0. The molecule has 1 aromatic carbocycles. The summed E-state index contributed by atoms with van der Waals surface area (Å²) in [5.41, 5.74) is 2.70. The van der Waals surface area contributed by atoms with Crippen LogP contribution in [0.2, 0.25) is 0 Å². The van der Waals surface area contributed by atoms with E-state index in [0.717, 1.165) is 43.4 Å². The Morgan fingerprint density at radius 1 is 1.14 bits per heavy atom. The van der Waals surface area contributed by atoms with Gasteiger partial charge in [-0.2, -0.15) is 0 Å². The second-order valence-electron chi connectivity index (χ2n) is 6.55. The fourth-order valence-electron chi connectivity index (χ4n) is 4.07. The van der Waals surface area contributed by atoms with Gasteiger partial charge in [0.15, 0.2) is 5.78 Å². The largest absolute Gasteiger partial charge is 0.326 e. The number of rotatable bonds is 1. The maximum Gasteiger partial charge on any atom is 0.266 e. The minimum Gasteiger partial charge on any atom is -0.326 e. The number of H-pyrrole nitrogens is 1. The molecule has 1 spiro atoms. The van der Waals surface area contributed by atoms with E-state index in [0.29, 0.717) is 11.7 Å². The maximum atomic E-state index is 12.8. The van der Waals surface area contributed by atoms with Gasteiger partial charge in [0.2, 0.25) is 0 Å². The Morgan fingerprint density at radius 3 is 2.59 bits per heavy atom. The van der Waals surface area contributed by atoms with Crippen LogP contribution in [-0.4, -0.2) is 15.8 Å². The highest BCUT2D eigenvalue weighted by Crippen LogP contribution is 2.50. The molecule has 0 atom stereocenters. The number of carbonyl (C=O) groups excluding carboxylic acids is 1. The minimum atomic E-state index is -0.192. The summed E-state index contributed by atoms with van der Waals surface area (Å²) in [5, 5.41) is 0. The average Bonchev–Trinajstić information content (AvgIpc) is 2.82.